The largest absolute Gasteiger partial charge is 0.445 e. The molecule has 0 amide bonds. The van der Waals surface area contributed by atoms with E-state index in [9.17, 15) is 13.2 Å². The third-order valence-electron chi connectivity index (χ3n) is 3.60. The number of ether oxygens (including phenoxy) is 1. The first-order chi connectivity index (χ1) is 13.0. The Morgan fingerprint density at radius 3 is 2.81 bits per heavy atom. The van der Waals surface area contributed by atoms with Gasteiger partial charge in [-0.3, -0.25) is 10.4 Å². The van der Waals surface area contributed by atoms with Crippen molar-refractivity contribution >= 4 is 34.9 Å². The lowest BCUT2D eigenvalue weighted by atomic mass is 10.2. The average Bonchev–Trinajstić information content (AvgIpc) is 3.31. The normalized spacial score (nSPS) is 17.4. The van der Waals surface area contributed by atoms with Crippen LogP contribution in [-0.4, -0.2) is 28.0 Å². The molecule has 0 aliphatic carbocycles. The highest BCUT2D eigenvalue weighted by atomic mass is 32.2. The van der Waals surface area contributed by atoms with Gasteiger partial charge in [-0.25, -0.2) is 9.37 Å². The van der Waals surface area contributed by atoms with E-state index < -0.39 is 24.7 Å². The third kappa shape index (κ3) is 4.83. The quantitative estimate of drug-likeness (QED) is 0.641. The molecule has 11 heteroatoms. The van der Waals surface area contributed by atoms with Crippen molar-refractivity contribution in [3.8, 4) is 0 Å². The molecule has 27 heavy (non-hydrogen) atoms. The fraction of sp³-hybridized carbons (Fsp3) is 0.438. The minimum Gasteiger partial charge on any atom is -0.445 e. The van der Waals surface area contributed by atoms with Crippen LogP contribution in [-0.2, 0) is 11.3 Å². The lowest BCUT2D eigenvalue weighted by Gasteiger charge is -2.22. The van der Waals surface area contributed by atoms with Crippen LogP contribution in [0.15, 0.2) is 29.8 Å². The first-order valence-electron chi connectivity index (χ1n) is 8.20. The van der Waals surface area contributed by atoms with E-state index >= 15 is 0 Å². The van der Waals surface area contributed by atoms with Crippen molar-refractivity contribution in [2.24, 2.45) is 5.10 Å². The summed E-state index contributed by atoms with van der Waals surface area (Å²) in [6.45, 7) is 3.94. The van der Waals surface area contributed by atoms with Gasteiger partial charge in [0.1, 0.15) is 11.2 Å². The van der Waals surface area contributed by atoms with Gasteiger partial charge in [0.15, 0.2) is 0 Å². The molecule has 1 N–H and O–H groups in total. The first kappa shape index (κ1) is 19.7. The zero-order valence-corrected chi connectivity index (χ0v) is 16.2. The molecule has 1 aliphatic rings. The van der Waals surface area contributed by atoms with Gasteiger partial charge >= 0.3 is 6.43 Å². The summed E-state index contributed by atoms with van der Waals surface area (Å²) in [6, 6.07) is 1.76. The fourth-order valence-corrected chi connectivity index (χ4v) is 4.07. The standard InChI is InChI=1S/C16H18F3N5OS2/c1-3-26-24(11-4-10(9(2)17)5-20-6-11)8-13-21-7-12(27-13)15-22-23-16(25-15)14(18)19/h4-7,9,14-15,22H,3,8H2,1-2H3. The summed E-state index contributed by atoms with van der Waals surface area (Å²) in [7, 11) is 0. The van der Waals surface area contributed by atoms with E-state index in [-0.39, 0.29) is 0 Å². The van der Waals surface area contributed by atoms with Crippen LogP contribution in [0.5, 0.6) is 0 Å². The monoisotopic (exact) mass is 417 g/mol. The Labute approximate surface area is 163 Å². The summed E-state index contributed by atoms with van der Waals surface area (Å²) in [6.07, 6.45) is 0.136. The lowest BCUT2D eigenvalue weighted by Crippen LogP contribution is -2.15. The number of nitrogens with zero attached hydrogens (tertiary/aromatic N) is 4. The predicted octanol–water partition coefficient (Wildman–Crippen LogP) is 4.44. The molecule has 0 spiro atoms. The number of alkyl halides is 3. The zero-order valence-electron chi connectivity index (χ0n) is 14.6. The van der Waals surface area contributed by atoms with Crippen LogP contribution in [0.25, 0.3) is 0 Å². The van der Waals surface area contributed by atoms with E-state index in [4.69, 9.17) is 4.74 Å². The molecule has 0 fully saturated rings. The first-order valence-corrected chi connectivity index (χ1v) is 9.95. The van der Waals surface area contributed by atoms with E-state index in [1.165, 1.54) is 24.5 Å². The number of rotatable bonds is 8. The highest BCUT2D eigenvalue weighted by Crippen LogP contribution is 2.31. The van der Waals surface area contributed by atoms with Gasteiger partial charge in [-0.1, -0.05) is 6.92 Å². The van der Waals surface area contributed by atoms with Gasteiger partial charge in [0.05, 0.1) is 23.3 Å². The SMILES string of the molecule is CCSN(Cc1ncc(C2NN=C(C(F)F)O2)s1)c1cncc(C(C)F)c1. The summed E-state index contributed by atoms with van der Waals surface area (Å²) in [5.74, 6) is 0.188. The van der Waals surface area contributed by atoms with Crippen LogP contribution in [0.2, 0.25) is 0 Å². The van der Waals surface area contributed by atoms with Crippen molar-refractivity contribution in [3.05, 3.63) is 40.1 Å². The molecule has 3 heterocycles. The Bertz CT molecular complexity index is 802. The number of thiazole rings is 1. The molecule has 0 aromatic carbocycles. The van der Waals surface area contributed by atoms with E-state index in [0.717, 1.165) is 16.4 Å². The number of hydrogen-bond acceptors (Lipinski definition) is 8. The highest BCUT2D eigenvalue weighted by molar-refractivity contribution is 8.00. The van der Waals surface area contributed by atoms with Crippen LogP contribution in [0, 0.1) is 0 Å². The van der Waals surface area contributed by atoms with E-state index in [1.54, 1.807) is 30.4 Å². The van der Waals surface area contributed by atoms with Crippen molar-refractivity contribution in [1.29, 1.82) is 0 Å². The number of hydrazone groups is 1. The lowest BCUT2D eigenvalue weighted by molar-refractivity contribution is 0.136. The maximum Gasteiger partial charge on any atom is 0.314 e. The molecule has 0 saturated carbocycles. The minimum atomic E-state index is -2.76. The number of anilines is 1. The Hall–Kier alpha value is -2.01. The second-order valence-electron chi connectivity index (χ2n) is 5.58. The molecule has 0 saturated heterocycles. The second kappa shape index (κ2) is 8.79. The molecule has 2 aromatic rings. The smallest absolute Gasteiger partial charge is 0.314 e. The highest BCUT2D eigenvalue weighted by Gasteiger charge is 2.29. The van der Waals surface area contributed by atoms with Gasteiger partial charge in [-0.15, -0.1) is 16.4 Å². The number of nitrogens with one attached hydrogen (secondary N) is 1. The van der Waals surface area contributed by atoms with Gasteiger partial charge in [0.25, 0.3) is 5.90 Å². The van der Waals surface area contributed by atoms with Crippen molar-refractivity contribution in [3.63, 3.8) is 0 Å². The molecule has 2 aromatic heterocycles. The van der Waals surface area contributed by atoms with E-state index in [1.807, 2.05) is 11.2 Å². The summed E-state index contributed by atoms with van der Waals surface area (Å²) in [4.78, 5) is 9.11. The van der Waals surface area contributed by atoms with Crippen LogP contribution in [0.4, 0.5) is 18.9 Å². The molecular formula is C16H18F3N5OS2. The number of aromatic nitrogens is 2. The van der Waals surface area contributed by atoms with Crippen molar-refractivity contribution in [1.82, 2.24) is 15.4 Å². The number of pyridine rings is 1. The van der Waals surface area contributed by atoms with E-state index in [2.05, 4.69) is 20.5 Å². The van der Waals surface area contributed by atoms with Crippen LogP contribution < -0.4 is 9.73 Å². The molecule has 3 rings (SSSR count). The topological polar surface area (TPSA) is 62.6 Å². The summed E-state index contributed by atoms with van der Waals surface area (Å²) < 4.78 is 45.9. The summed E-state index contributed by atoms with van der Waals surface area (Å²) in [5.41, 5.74) is 3.82. The van der Waals surface area contributed by atoms with Crippen LogP contribution in [0.1, 0.15) is 41.7 Å². The molecule has 6 nitrogen and oxygen atoms in total. The maximum atomic E-state index is 13.6. The molecule has 2 atom stereocenters. The Kier molecular flexibility index (Phi) is 6.42. The Morgan fingerprint density at radius 2 is 2.15 bits per heavy atom. The number of halogens is 3. The van der Waals surface area contributed by atoms with Crippen molar-refractivity contribution < 1.29 is 17.9 Å². The number of hydrogen-bond donors (Lipinski definition) is 1. The van der Waals surface area contributed by atoms with Crippen molar-refractivity contribution in [2.75, 3.05) is 10.1 Å². The Morgan fingerprint density at radius 1 is 1.33 bits per heavy atom. The van der Waals surface area contributed by atoms with Crippen molar-refractivity contribution in [2.45, 2.75) is 39.2 Å². The van der Waals surface area contributed by atoms with Crippen LogP contribution in [0.3, 0.4) is 0 Å². The third-order valence-corrected chi connectivity index (χ3v) is 5.54. The second-order valence-corrected chi connectivity index (χ2v) is 8.00. The average molecular weight is 417 g/mol. The van der Waals surface area contributed by atoms with Gasteiger partial charge in [0, 0.05) is 23.7 Å². The molecule has 0 radical (unpaired) electrons. The molecule has 2 unspecified atom stereocenters. The van der Waals surface area contributed by atoms with E-state index in [0.29, 0.717) is 17.0 Å². The van der Waals surface area contributed by atoms with Gasteiger partial charge in [0.2, 0.25) is 6.23 Å². The van der Waals surface area contributed by atoms with Gasteiger partial charge in [-0.05, 0) is 24.9 Å². The maximum absolute atomic E-state index is 13.6. The summed E-state index contributed by atoms with van der Waals surface area (Å²) >= 11 is 2.90. The summed E-state index contributed by atoms with van der Waals surface area (Å²) in [5, 5.41) is 4.25. The molecule has 1 aliphatic heterocycles. The fourth-order valence-electron chi connectivity index (χ4n) is 2.33. The van der Waals surface area contributed by atoms with Crippen LogP contribution >= 0.6 is 23.3 Å². The van der Waals surface area contributed by atoms with Gasteiger partial charge in [-0.2, -0.15) is 8.78 Å². The molecular weight excluding hydrogens is 399 g/mol. The molecule has 0 bridgehead atoms. The molecule has 146 valence electrons. The van der Waals surface area contributed by atoms with Gasteiger partial charge < -0.3 is 9.04 Å². The zero-order chi connectivity index (χ0) is 19.4. The minimum absolute atomic E-state index is 0.463. The predicted molar refractivity (Wildman–Crippen MR) is 101 cm³/mol. The Balaban J connectivity index is 1.71.